The summed E-state index contributed by atoms with van der Waals surface area (Å²) in [5.74, 6) is 0. The van der Waals surface area contributed by atoms with Crippen molar-refractivity contribution in [3.8, 4) is 0 Å². The molecule has 0 aliphatic rings. The highest BCUT2D eigenvalue weighted by atomic mass is 32.2. The molecule has 2 rings (SSSR count). The average molecular weight is 314 g/mol. The molecule has 0 atom stereocenters. The van der Waals surface area contributed by atoms with Gasteiger partial charge in [0.15, 0.2) is 0 Å². The van der Waals surface area contributed by atoms with Crippen molar-refractivity contribution < 1.29 is 12.8 Å². The van der Waals surface area contributed by atoms with Gasteiger partial charge >= 0.3 is 0 Å². The van der Waals surface area contributed by atoms with E-state index in [9.17, 15) is 8.42 Å². The van der Waals surface area contributed by atoms with Crippen LogP contribution in [0.1, 0.15) is 17.4 Å². The van der Waals surface area contributed by atoms with Crippen LogP contribution in [0.2, 0.25) is 0 Å². The first-order valence-corrected chi connectivity index (χ1v) is 8.72. The highest BCUT2D eigenvalue weighted by Crippen LogP contribution is 2.22. The van der Waals surface area contributed by atoms with Crippen molar-refractivity contribution in [3.05, 3.63) is 41.2 Å². The minimum Gasteiger partial charge on any atom is -0.472 e. The van der Waals surface area contributed by atoms with E-state index in [1.54, 1.807) is 12.1 Å². The van der Waals surface area contributed by atoms with Crippen molar-refractivity contribution >= 4 is 21.4 Å². The van der Waals surface area contributed by atoms with Crippen molar-refractivity contribution in [1.82, 2.24) is 10.0 Å². The fourth-order valence-corrected chi connectivity index (χ4v) is 4.09. The number of rotatable bonds is 8. The van der Waals surface area contributed by atoms with Gasteiger partial charge in [-0.2, -0.15) is 0 Å². The molecule has 0 saturated carbocycles. The SMILES string of the molecule is CCNCCc1ccc(S(=O)(=O)NCc2ccoc2)s1. The molecule has 0 fully saturated rings. The van der Waals surface area contributed by atoms with Gasteiger partial charge < -0.3 is 9.73 Å². The summed E-state index contributed by atoms with van der Waals surface area (Å²) in [6.45, 7) is 4.06. The molecule has 5 nitrogen and oxygen atoms in total. The number of likely N-dealkylation sites (N-methyl/N-ethyl adjacent to an activating group) is 1. The van der Waals surface area contributed by atoms with Crippen LogP contribution in [-0.4, -0.2) is 21.5 Å². The molecule has 2 N–H and O–H groups in total. The van der Waals surface area contributed by atoms with Gasteiger partial charge in [0.1, 0.15) is 4.21 Å². The number of sulfonamides is 1. The van der Waals surface area contributed by atoms with Crippen LogP contribution in [0.3, 0.4) is 0 Å². The second-order valence-electron chi connectivity index (χ2n) is 4.28. The Morgan fingerprint density at radius 3 is 2.85 bits per heavy atom. The maximum Gasteiger partial charge on any atom is 0.250 e. The van der Waals surface area contributed by atoms with Crippen LogP contribution in [0, 0.1) is 0 Å². The first-order valence-electron chi connectivity index (χ1n) is 6.42. The monoisotopic (exact) mass is 314 g/mol. The van der Waals surface area contributed by atoms with Crippen molar-refractivity contribution in [1.29, 1.82) is 0 Å². The molecule has 0 spiro atoms. The fourth-order valence-electron chi connectivity index (χ4n) is 1.67. The summed E-state index contributed by atoms with van der Waals surface area (Å²) in [5.41, 5.74) is 0.803. The molecule has 20 heavy (non-hydrogen) atoms. The number of hydrogen-bond donors (Lipinski definition) is 2. The third-order valence-electron chi connectivity index (χ3n) is 2.75. The minimum atomic E-state index is -3.44. The molecule has 2 aromatic heterocycles. The van der Waals surface area contributed by atoms with Crippen LogP contribution in [0.25, 0.3) is 0 Å². The highest BCUT2D eigenvalue weighted by molar-refractivity contribution is 7.91. The summed E-state index contributed by atoms with van der Waals surface area (Å²) in [7, 11) is -3.44. The molecule has 0 aliphatic carbocycles. The normalized spacial score (nSPS) is 11.8. The quantitative estimate of drug-likeness (QED) is 0.731. The predicted molar refractivity (Wildman–Crippen MR) is 79.3 cm³/mol. The Morgan fingerprint density at radius 1 is 1.30 bits per heavy atom. The van der Waals surface area contributed by atoms with E-state index in [0.29, 0.717) is 4.21 Å². The molecular formula is C13H18N2O3S2. The summed E-state index contributed by atoms with van der Waals surface area (Å²) in [6, 6.07) is 5.26. The molecule has 0 aromatic carbocycles. The van der Waals surface area contributed by atoms with Crippen LogP contribution in [0.4, 0.5) is 0 Å². The standard InChI is InChI=1S/C13H18N2O3S2/c1-2-14-7-5-12-3-4-13(19-12)20(16,17)15-9-11-6-8-18-10-11/h3-4,6,8,10,14-15H,2,5,7,9H2,1H3. The number of furan rings is 1. The van der Waals surface area contributed by atoms with Crippen molar-refractivity contribution in [2.75, 3.05) is 13.1 Å². The van der Waals surface area contributed by atoms with Crippen molar-refractivity contribution in [2.24, 2.45) is 0 Å². The van der Waals surface area contributed by atoms with E-state index < -0.39 is 10.0 Å². The van der Waals surface area contributed by atoms with Gasteiger partial charge in [0.05, 0.1) is 12.5 Å². The molecule has 0 amide bonds. The van der Waals surface area contributed by atoms with Gasteiger partial charge in [0.25, 0.3) is 0 Å². The van der Waals surface area contributed by atoms with Gasteiger partial charge in [-0.1, -0.05) is 6.92 Å². The minimum absolute atomic E-state index is 0.240. The van der Waals surface area contributed by atoms with Crippen LogP contribution in [0.15, 0.2) is 39.4 Å². The Balaban J connectivity index is 1.95. The summed E-state index contributed by atoms with van der Waals surface area (Å²) >= 11 is 1.31. The van der Waals surface area contributed by atoms with E-state index in [2.05, 4.69) is 10.0 Å². The van der Waals surface area contributed by atoms with Crippen molar-refractivity contribution in [3.63, 3.8) is 0 Å². The molecule has 2 heterocycles. The average Bonchev–Trinajstić information content (AvgIpc) is 3.08. The summed E-state index contributed by atoms with van der Waals surface area (Å²) in [5, 5.41) is 3.22. The van der Waals surface area contributed by atoms with E-state index in [4.69, 9.17) is 4.42 Å². The first-order chi connectivity index (χ1) is 9.62. The van der Waals surface area contributed by atoms with Gasteiger partial charge in [0.2, 0.25) is 10.0 Å². The molecule has 110 valence electrons. The maximum atomic E-state index is 12.1. The van der Waals surface area contributed by atoms with Gasteiger partial charge in [-0.15, -0.1) is 11.3 Å². The Morgan fingerprint density at radius 2 is 2.15 bits per heavy atom. The lowest BCUT2D eigenvalue weighted by molar-refractivity contribution is 0.561. The lowest BCUT2D eigenvalue weighted by Gasteiger charge is -2.02. The number of nitrogens with one attached hydrogen (secondary N) is 2. The Hall–Kier alpha value is -1.15. The molecule has 0 unspecified atom stereocenters. The molecule has 7 heteroatoms. The zero-order valence-corrected chi connectivity index (χ0v) is 12.9. The molecule has 0 aliphatic heterocycles. The smallest absolute Gasteiger partial charge is 0.250 e. The zero-order chi connectivity index (χ0) is 14.4. The van der Waals surface area contributed by atoms with Crippen LogP contribution >= 0.6 is 11.3 Å². The van der Waals surface area contributed by atoms with Crippen LogP contribution in [0.5, 0.6) is 0 Å². The largest absolute Gasteiger partial charge is 0.472 e. The maximum absolute atomic E-state index is 12.1. The Bertz CT molecular complexity index is 618. The molecule has 0 bridgehead atoms. The number of thiophene rings is 1. The molecule has 0 saturated heterocycles. The second-order valence-corrected chi connectivity index (χ2v) is 7.44. The lowest BCUT2D eigenvalue weighted by Crippen LogP contribution is -2.22. The lowest BCUT2D eigenvalue weighted by atomic mass is 10.3. The van der Waals surface area contributed by atoms with Gasteiger partial charge in [0, 0.05) is 17.0 Å². The topological polar surface area (TPSA) is 71.3 Å². The summed E-state index contributed by atoms with van der Waals surface area (Å²) < 4.78 is 32.1. The molecule has 0 radical (unpaired) electrons. The Labute approximate surface area is 123 Å². The summed E-state index contributed by atoms with van der Waals surface area (Å²) in [6.07, 6.45) is 3.89. The second kappa shape index (κ2) is 7.03. The summed E-state index contributed by atoms with van der Waals surface area (Å²) in [4.78, 5) is 1.06. The van der Waals surface area contributed by atoms with Crippen LogP contribution in [-0.2, 0) is 23.0 Å². The van der Waals surface area contributed by atoms with E-state index in [-0.39, 0.29) is 6.54 Å². The number of hydrogen-bond acceptors (Lipinski definition) is 5. The van der Waals surface area contributed by atoms with Crippen LogP contribution < -0.4 is 10.0 Å². The van der Waals surface area contributed by atoms with Gasteiger partial charge in [-0.05, 0) is 37.7 Å². The van der Waals surface area contributed by atoms with E-state index in [1.807, 2.05) is 13.0 Å². The third kappa shape index (κ3) is 4.17. The zero-order valence-electron chi connectivity index (χ0n) is 11.3. The van der Waals surface area contributed by atoms with Gasteiger partial charge in [-0.25, -0.2) is 13.1 Å². The van der Waals surface area contributed by atoms with E-state index in [0.717, 1.165) is 30.0 Å². The van der Waals surface area contributed by atoms with Crippen molar-refractivity contribution in [2.45, 2.75) is 24.1 Å². The predicted octanol–water partition coefficient (Wildman–Crippen LogP) is 1.97. The molecule has 2 aromatic rings. The molecular weight excluding hydrogens is 296 g/mol. The first kappa shape index (κ1) is 15.2. The fraction of sp³-hybridized carbons (Fsp3) is 0.385. The van der Waals surface area contributed by atoms with E-state index >= 15 is 0 Å². The highest BCUT2D eigenvalue weighted by Gasteiger charge is 2.16. The van der Waals surface area contributed by atoms with Gasteiger partial charge in [-0.3, -0.25) is 0 Å². The Kier molecular flexibility index (Phi) is 5.36. The van der Waals surface area contributed by atoms with E-state index in [1.165, 1.54) is 23.9 Å². The third-order valence-corrected chi connectivity index (χ3v) is 5.78.